The summed E-state index contributed by atoms with van der Waals surface area (Å²) in [6, 6.07) is 14.1. The number of para-hydroxylation sites is 1. The first kappa shape index (κ1) is 17.5. The quantitative estimate of drug-likeness (QED) is 0.564. The van der Waals surface area contributed by atoms with Gasteiger partial charge in [0.2, 0.25) is 5.82 Å². The lowest BCUT2D eigenvalue weighted by Crippen LogP contribution is -2.41. The van der Waals surface area contributed by atoms with Gasteiger partial charge in [0, 0.05) is 23.1 Å². The molecule has 29 heavy (non-hydrogen) atoms. The maximum Gasteiger partial charge on any atom is 0.292 e. The van der Waals surface area contributed by atoms with E-state index in [2.05, 4.69) is 44.4 Å². The molecule has 0 saturated carbocycles. The molecule has 1 amide bonds. The Labute approximate surface area is 167 Å². The van der Waals surface area contributed by atoms with Crippen molar-refractivity contribution in [2.75, 3.05) is 13.7 Å². The van der Waals surface area contributed by atoms with E-state index in [1.165, 1.54) is 17.3 Å². The number of rotatable bonds is 3. The van der Waals surface area contributed by atoms with Crippen LogP contribution in [-0.4, -0.2) is 44.6 Å². The number of amides is 1. The standard InChI is InChI=1S/C22H21N5O2/c1-13-11-14(7-8-18(13)29-2)20-19-16(15-5-3-4-6-17(15)25-19)9-10-27(20)22(28)21-23-12-24-26-21/h3-8,11-12,20,25H,9-10H2,1-2H3,(H,23,24,26)/t20-/m0/s1. The topological polar surface area (TPSA) is 86.9 Å². The molecule has 2 N–H and O–H groups in total. The molecule has 146 valence electrons. The number of hydrogen-bond donors (Lipinski definition) is 2. The highest BCUT2D eigenvalue weighted by atomic mass is 16.5. The molecule has 2 aromatic carbocycles. The molecule has 0 aliphatic carbocycles. The number of aromatic nitrogens is 4. The number of H-pyrrole nitrogens is 2. The van der Waals surface area contributed by atoms with Crippen LogP contribution in [0.5, 0.6) is 5.75 Å². The number of nitrogens with zero attached hydrogens (tertiary/aromatic N) is 3. The summed E-state index contributed by atoms with van der Waals surface area (Å²) < 4.78 is 5.43. The average Bonchev–Trinajstić information content (AvgIpc) is 3.40. The first-order chi connectivity index (χ1) is 14.2. The number of benzene rings is 2. The fourth-order valence-corrected chi connectivity index (χ4v) is 4.32. The highest BCUT2D eigenvalue weighted by Crippen LogP contribution is 2.39. The summed E-state index contributed by atoms with van der Waals surface area (Å²) in [6.07, 6.45) is 2.14. The maximum absolute atomic E-state index is 13.2. The van der Waals surface area contributed by atoms with Crippen molar-refractivity contribution in [3.63, 3.8) is 0 Å². The van der Waals surface area contributed by atoms with E-state index in [0.29, 0.717) is 6.54 Å². The van der Waals surface area contributed by atoms with Crippen molar-refractivity contribution in [2.45, 2.75) is 19.4 Å². The highest BCUT2D eigenvalue weighted by Gasteiger charge is 2.36. The highest BCUT2D eigenvalue weighted by molar-refractivity contribution is 5.92. The normalized spacial score (nSPS) is 16.1. The number of ether oxygens (including phenoxy) is 1. The Hall–Kier alpha value is -3.61. The predicted molar refractivity (Wildman–Crippen MR) is 109 cm³/mol. The van der Waals surface area contributed by atoms with Crippen LogP contribution < -0.4 is 4.74 Å². The molecule has 2 aromatic heterocycles. The van der Waals surface area contributed by atoms with Crippen molar-refractivity contribution in [1.82, 2.24) is 25.1 Å². The van der Waals surface area contributed by atoms with E-state index in [4.69, 9.17) is 4.74 Å². The van der Waals surface area contributed by atoms with Crippen LogP contribution >= 0.6 is 0 Å². The molecule has 1 aliphatic rings. The summed E-state index contributed by atoms with van der Waals surface area (Å²) in [7, 11) is 1.66. The molecule has 7 nitrogen and oxygen atoms in total. The molecule has 1 aliphatic heterocycles. The minimum atomic E-state index is -0.242. The second kappa shape index (κ2) is 6.77. The van der Waals surface area contributed by atoms with E-state index in [-0.39, 0.29) is 17.8 Å². The lowest BCUT2D eigenvalue weighted by Gasteiger charge is -2.36. The van der Waals surface area contributed by atoms with Gasteiger partial charge in [0.15, 0.2) is 0 Å². The van der Waals surface area contributed by atoms with Gasteiger partial charge in [-0.25, -0.2) is 4.98 Å². The van der Waals surface area contributed by atoms with Gasteiger partial charge in [-0.05, 0) is 48.2 Å². The van der Waals surface area contributed by atoms with Crippen molar-refractivity contribution in [1.29, 1.82) is 0 Å². The molecular formula is C22H21N5O2. The monoisotopic (exact) mass is 387 g/mol. The van der Waals surface area contributed by atoms with Gasteiger partial charge in [-0.2, -0.15) is 5.10 Å². The Bertz CT molecular complexity index is 1200. The zero-order chi connectivity index (χ0) is 20.0. The van der Waals surface area contributed by atoms with Gasteiger partial charge in [0.05, 0.1) is 13.2 Å². The number of aryl methyl sites for hydroxylation is 1. The zero-order valence-corrected chi connectivity index (χ0v) is 16.3. The van der Waals surface area contributed by atoms with E-state index in [9.17, 15) is 4.79 Å². The fraction of sp³-hybridized carbons (Fsp3) is 0.227. The van der Waals surface area contributed by atoms with E-state index >= 15 is 0 Å². The van der Waals surface area contributed by atoms with Crippen LogP contribution in [0.2, 0.25) is 0 Å². The van der Waals surface area contributed by atoms with E-state index in [0.717, 1.165) is 34.5 Å². The van der Waals surface area contributed by atoms with Crippen molar-refractivity contribution in [2.24, 2.45) is 0 Å². The van der Waals surface area contributed by atoms with Crippen LogP contribution in [0.3, 0.4) is 0 Å². The molecule has 0 spiro atoms. The third-order valence-corrected chi connectivity index (χ3v) is 5.65. The van der Waals surface area contributed by atoms with Crippen molar-refractivity contribution < 1.29 is 9.53 Å². The molecule has 5 rings (SSSR count). The van der Waals surface area contributed by atoms with E-state index < -0.39 is 0 Å². The van der Waals surface area contributed by atoms with Gasteiger partial charge >= 0.3 is 0 Å². The first-order valence-corrected chi connectivity index (χ1v) is 9.57. The number of fused-ring (bicyclic) bond motifs is 3. The fourth-order valence-electron chi connectivity index (χ4n) is 4.32. The molecule has 0 fully saturated rings. The molecule has 0 radical (unpaired) electrons. The third-order valence-electron chi connectivity index (χ3n) is 5.65. The zero-order valence-electron chi connectivity index (χ0n) is 16.3. The number of aromatic amines is 2. The van der Waals surface area contributed by atoms with E-state index in [1.54, 1.807) is 7.11 Å². The van der Waals surface area contributed by atoms with Gasteiger partial charge in [-0.3, -0.25) is 9.89 Å². The number of nitrogens with one attached hydrogen (secondary N) is 2. The second-order valence-corrected chi connectivity index (χ2v) is 7.28. The molecule has 1 atom stereocenters. The summed E-state index contributed by atoms with van der Waals surface area (Å²) in [6.45, 7) is 2.62. The van der Waals surface area contributed by atoms with Crippen LogP contribution in [0.4, 0.5) is 0 Å². The molecule has 4 aromatic rings. The molecule has 0 unspecified atom stereocenters. The minimum Gasteiger partial charge on any atom is -0.496 e. The Balaban J connectivity index is 1.68. The minimum absolute atomic E-state index is 0.162. The van der Waals surface area contributed by atoms with Crippen LogP contribution in [0.1, 0.15) is 39.0 Å². The molecule has 0 bridgehead atoms. The first-order valence-electron chi connectivity index (χ1n) is 9.57. The summed E-state index contributed by atoms with van der Waals surface area (Å²) in [4.78, 5) is 22.7. The lowest BCUT2D eigenvalue weighted by atomic mass is 9.91. The molecule has 3 heterocycles. The van der Waals surface area contributed by atoms with Gasteiger partial charge < -0.3 is 14.6 Å². The van der Waals surface area contributed by atoms with Crippen molar-refractivity contribution in [3.8, 4) is 5.75 Å². The van der Waals surface area contributed by atoms with Crippen molar-refractivity contribution >= 4 is 16.8 Å². The Morgan fingerprint density at radius 2 is 2.10 bits per heavy atom. The van der Waals surface area contributed by atoms with Gasteiger partial charge in [0.1, 0.15) is 12.1 Å². The predicted octanol–water partition coefficient (Wildman–Crippen LogP) is 3.39. The SMILES string of the molecule is COc1ccc([C@H]2c3[nH]c4ccccc4c3CCN2C(=O)c2ncn[nH]2)cc1C. The van der Waals surface area contributed by atoms with Crippen LogP contribution in [-0.2, 0) is 6.42 Å². The Morgan fingerprint density at radius 1 is 1.24 bits per heavy atom. The summed E-state index contributed by atoms with van der Waals surface area (Å²) >= 11 is 0. The third kappa shape index (κ3) is 2.77. The summed E-state index contributed by atoms with van der Waals surface area (Å²) in [5.41, 5.74) is 5.46. The summed E-state index contributed by atoms with van der Waals surface area (Å²) in [5, 5.41) is 7.76. The number of methoxy groups -OCH3 is 1. The Morgan fingerprint density at radius 3 is 2.86 bits per heavy atom. The van der Waals surface area contributed by atoms with Gasteiger partial charge in [0.25, 0.3) is 5.91 Å². The average molecular weight is 387 g/mol. The number of carbonyl (C=O) groups excluding carboxylic acids is 1. The van der Waals surface area contributed by atoms with Crippen LogP contribution in [0.15, 0.2) is 48.8 Å². The number of hydrogen-bond acceptors (Lipinski definition) is 4. The van der Waals surface area contributed by atoms with Gasteiger partial charge in [-0.15, -0.1) is 0 Å². The number of carbonyl (C=O) groups is 1. The molecule has 0 saturated heterocycles. The molecular weight excluding hydrogens is 366 g/mol. The maximum atomic E-state index is 13.2. The lowest BCUT2D eigenvalue weighted by molar-refractivity contribution is 0.0680. The smallest absolute Gasteiger partial charge is 0.292 e. The van der Waals surface area contributed by atoms with Crippen LogP contribution in [0.25, 0.3) is 10.9 Å². The van der Waals surface area contributed by atoms with Crippen LogP contribution in [0, 0.1) is 6.92 Å². The van der Waals surface area contributed by atoms with E-state index in [1.807, 2.05) is 30.0 Å². The molecule has 7 heteroatoms. The largest absolute Gasteiger partial charge is 0.496 e. The van der Waals surface area contributed by atoms with Gasteiger partial charge in [-0.1, -0.05) is 24.3 Å². The summed E-state index contributed by atoms with van der Waals surface area (Å²) in [5.74, 6) is 0.916. The Kier molecular flexibility index (Phi) is 4.08. The second-order valence-electron chi connectivity index (χ2n) is 7.28. The van der Waals surface area contributed by atoms with Crippen molar-refractivity contribution in [3.05, 3.63) is 77.0 Å².